The minimum Gasteiger partial charge on any atom is -0.427 e. The maximum Gasteiger partial charge on any atom is 0.455 e. The van der Waals surface area contributed by atoms with Crippen LogP contribution < -0.4 is 0 Å². The van der Waals surface area contributed by atoms with Crippen molar-refractivity contribution in [2.24, 2.45) is 10.8 Å². The van der Waals surface area contributed by atoms with E-state index < -0.39 is 7.12 Å². The third-order valence-corrected chi connectivity index (χ3v) is 4.88. The van der Waals surface area contributed by atoms with E-state index in [0.717, 1.165) is 11.8 Å². The highest BCUT2D eigenvalue weighted by molar-refractivity contribution is 6.44. The summed E-state index contributed by atoms with van der Waals surface area (Å²) in [4.78, 5) is 0. The van der Waals surface area contributed by atoms with Crippen LogP contribution >= 0.6 is 0 Å². The zero-order chi connectivity index (χ0) is 9.10. The van der Waals surface area contributed by atoms with Crippen LogP contribution in [-0.4, -0.2) is 17.2 Å². The molecule has 0 aromatic carbocycles. The molecular formula is C10H17BO2. The SMILES string of the molecule is OB(O)C1CC12CCC1(CC1)CC2. The molecule has 3 rings (SSSR count). The Kier molecular flexibility index (Phi) is 1.48. The first-order chi connectivity index (χ1) is 6.16. The third-order valence-electron chi connectivity index (χ3n) is 4.88. The van der Waals surface area contributed by atoms with Crippen LogP contribution in [-0.2, 0) is 0 Å². The molecular weight excluding hydrogens is 163 g/mol. The summed E-state index contributed by atoms with van der Waals surface area (Å²) >= 11 is 0. The van der Waals surface area contributed by atoms with Gasteiger partial charge in [-0.1, -0.05) is 0 Å². The fourth-order valence-electron chi connectivity index (χ4n) is 3.33. The molecule has 3 heteroatoms. The lowest BCUT2D eigenvalue weighted by atomic mass is 9.69. The lowest BCUT2D eigenvalue weighted by Gasteiger charge is -2.29. The summed E-state index contributed by atoms with van der Waals surface area (Å²) in [5.41, 5.74) is 1.10. The lowest BCUT2D eigenvalue weighted by Crippen LogP contribution is -2.22. The second-order valence-corrected chi connectivity index (χ2v) is 5.59. The van der Waals surface area contributed by atoms with Gasteiger partial charge in [-0.05, 0) is 61.6 Å². The average Bonchev–Trinajstić information content (AvgIpc) is 2.92. The summed E-state index contributed by atoms with van der Waals surface area (Å²) in [6, 6.07) is 0. The number of rotatable bonds is 1. The highest BCUT2D eigenvalue weighted by Crippen LogP contribution is 2.71. The molecule has 0 saturated heterocycles. The molecule has 0 radical (unpaired) electrons. The van der Waals surface area contributed by atoms with E-state index in [1.165, 1.54) is 38.5 Å². The van der Waals surface area contributed by atoms with Crippen molar-refractivity contribution in [3.63, 3.8) is 0 Å². The highest BCUT2D eigenvalue weighted by Gasteiger charge is 2.62. The van der Waals surface area contributed by atoms with Crippen LogP contribution in [0.4, 0.5) is 0 Å². The smallest absolute Gasteiger partial charge is 0.427 e. The van der Waals surface area contributed by atoms with Gasteiger partial charge in [0, 0.05) is 0 Å². The Bertz CT molecular complexity index is 225. The van der Waals surface area contributed by atoms with E-state index in [1.54, 1.807) is 0 Å². The van der Waals surface area contributed by atoms with Gasteiger partial charge in [0.25, 0.3) is 0 Å². The summed E-state index contributed by atoms with van der Waals surface area (Å²) in [7, 11) is -1.05. The van der Waals surface area contributed by atoms with Crippen molar-refractivity contribution in [2.75, 3.05) is 0 Å². The van der Waals surface area contributed by atoms with Crippen molar-refractivity contribution in [3.05, 3.63) is 0 Å². The average molecular weight is 180 g/mol. The van der Waals surface area contributed by atoms with Crippen molar-refractivity contribution < 1.29 is 10.0 Å². The first kappa shape index (κ1) is 8.31. The van der Waals surface area contributed by atoms with Gasteiger partial charge in [0.1, 0.15) is 0 Å². The Balaban J connectivity index is 1.64. The van der Waals surface area contributed by atoms with E-state index in [0.29, 0.717) is 5.41 Å². The van der Waals surface area contributed by atoms with E-state index in [1.807, 2.05) is 0 Å². The monoisotopic (exact) mass is 180 g/mol. The van der Waals surface area contributed by atoms with Crippen molar-refractivity contribution in [1.82, 2.24) is 0 Å². The Morgan fingerprint density at radius 1 is 0.923 bits per heavy atom. The van der Waals surface area contributed by atoms with Crippen LogP contribution in [0.1, 0.15) is 44.9 Å². The fraction of sp³-hybridized carbons (Fsp3) is 1.00. The zero-order valence-electron chi connectivity index (χ0n) is 8.00. The predicted molar refractivity (Wildman–Crippen MR) is 51.1 cm³/mol. The summed E-state index contributed by atoms with van der Waals surface area (Å²) < 4.78 is 0. The molecule has 1 atom stereocenters. The van der Waals surface area contributed by atoms with Gasteiger partial charge in [-0.3, -0.25) is 0 Å². The quantitative estimate of drug-likeness (QED) is 0.601. The van der Waals surface area contributed by atoms with Gasteiger partial charge in [0.05, 0.1) is 0 Å². The molecule has 0 aromatic rings. The maximum atomic E-state index is 9.11. The Morgan fingerprint density at radius 2 is 1.46 bits per heavy atom. The van der Waals surface area contributed by atoms with Gasteiger partial charge in [0.15, 0.2) is 0 Å². The molecule has 3 aliphatic carbocycles. The number of hydrogen-bond acceptors (Lipinski definition) is 2. The first-order valence-electron chi connectivity index (χ1n) is 5.52. The Hall–Kier alpha value is -0.0151. The van der Waals surface area contributed by atoms with Crippen molar-refractivity contribution >= 4 is 7.12 Å². The minimum absolute atomic E-state index is 0.212. The molecule has 0 aromatic heterocycles. The molecule has 2 spiro atoms. The summed E-state index contributed by atoms with van der Waals surface area (Å²) in [6.45, 7) is 0. The van der Waals surface area contributed by atoms with E-state index in [9.17, 15) is 0 Å². The van der Waals surface area contributed by atoms with Gasteiger partial charge >= 0.3 is 7.12 Å². The molecule has 3 fully saturated rings. The van der Waals surface area contributed by atoms with Gasteiger partial charge in [-0.2, -0.15) is 0 Å². The van der Waals surface area contributed by atoms with Gasteiger partial charge < -0.3 is 10.0 Å². The molecule has 0 heterocycles. The summed E-state index contributed by atoms with van der Waals surface area (Å²) in [5, 5.41) is 18.2. The third kappa shape index (κ3) is 1.17. The maximum absolute atomic E-state index is 9.11. The molecule has 2 N–H and O–H groups in total. The standard InChI is InChI=1S/C10H17BO2/c12-11(13)8-7-10(8)5-3-9(1-2-9)4-6-10/h8,12-13H,1-7H2. The zero-order valence-corrected chi connectivity index (χ0v) is 8.00. The van der Waals surface area contributed by atoms with Gasteiger partial charge in [0.2, 0.25) is 0 Å². The summed E-state index contributed by atoms with van der Waals surface area (Å²) in [6.07, 6.45) is 9.18. The second-order valence-electron chi connectivity index (χ2n) is 5.59. The second kappa shape index (κ2) is 2.32. The van der Waals surface area contributed by atoms with Crippen molar-refractivity contribution in [1.29, 1.82) is 0 Å². The molecule has 3 saturated carbocycles. The Morgan fingerprint density at radius 3 is 1.85 bits per heavy atom. The van der Waals surface area contributed by atoms with Crippen LogP contribution in [0, 0.1) is 10.8 Å². The van der Waals surface area contributed by atoms with E-state index in [-0.39, 0.29) is 5.82 Å². The normalized spacial score (nSPS) is 37.8. The first-order valence-corrected chi connectivity index (χ1v) is 5.52. The van der Waals surface area contributed by atoms with Crippen molar-refractivity contribution in [3.8, 4) is 0 Å². The molecule has 0 bridgehead atoms. The van der Waals surface area contributed by atoms with E-state index in [2.05, 4.69) is 0 Å². The van der Waals surface area contributed by atoms with Crippen LogP contribution in [0.3, 0.4) is 0 Å². The van der Waals surface area contributed by atoms with E-state index in [4.69, 9.17) is 10.0 Å². The molecule has 0 aliphatic heterocycles. The van der Waals surface area contributed by atoms with Gasteiger partial charge in [-0.25, -0.2) is 0 Å². The molecule has 13 heavy (non-hydrogen) atoms. The fourth-order valence-corrected chi connectivity index (χ4v) is 3.33. The minimum atomic E-state index is -1.05. The topological polar surface area (TPSA) is 40.5 Å². The predicted octanol–water partition coefficient (Wildman–Crippen LogP) is 1.57. The molecule has 0 amide bonds. The van der Waals surface area contributed by atoms with E-state index >= 15 is 0 Å². The molecule has 72 valence electrons. The molecule has 2 nitrogen and oxygen atoms in total. The van der Waals surface area contributed by atoms with Crippen molar-refractivity contribution in [2.45, 2.75) is 50.8 Å². The highest BCUT2D eigenvalue weighted by atomic mass is 16.4. The van der Waals surface area contributed by atoms with Crippen LogP contribution in [0.25, 0.3) is 0 Å². The van der Waals surface area contributed by atoms with Crippen LogP contribution in [0.5, 0.6) is 0 Å². The lowest BCUT2D eigenvalue weighted by molar-refractivity contribution is 0.233. The largest absolute Gasteiger partial charge is 0.455 e. The van der Waals surface area contributed by atoms with Crippen LogP contribution in [0.2, 0.25) is 5.82 Å². The Labute approximate surface area is 79.5 Å². The summed E-state index contributed by atoms with van der Waals surface area (Å²) in [5.74, 6) is 0.212. The van der Waals surface area contributed by atoms with Gasteiger partial charge in [-0.15, -0.1) is 0 Å². The molecule has 1 unspecified atom stereocenters. The van der Waals surface area contributed by atoms with Crippen LogP contribution in [0.15, 0.2) is 0 Å². The molecule has 3 aliphatic rings. The number of hydrogen-bond donors (Lipinski definition) is 2.